The molecule has 0 amide bonds. The van der Waals surface area contributed by atoms with Gasteiger partial charge in [-0.1, -0.05) is 6.07 Å². The summed E-state index contributed by atoms with van der Waals surface area (Å²) < 4.78 is 21.1. The van der Waals surface area contributed by atoms with Crippen LogP contribution in [0, 0.1) is 0 Å². The average Bonchev–Trinajstić information content (AvgIpc) is 2.36. The maximum absolute atomic E-state index is 12.3. The molecule has 0 fully saturated rings. The Kier molecular flexibility index (Phi) is 7.29. The lowest BCUT2D eigenvalue weighted by atomic mass is 10.1. The summed E-state index contributed by atoms with van der Waals surface area (Å²) in [4.78, 5) is 4.47. The number of halogens is 1. The van der Waals surface area contributed by atoms with Crippen LogP contribution in [0.15, 0.2) is 22.8 Å². The molecule has 4 nitrogen and oxygen atoms in total. The van der Waals surface area contributed by atoms with Gasteiger partial charge in [0.25, 0.3) is 0 Å². The highest BCUT2D eigenvalue weighted by atomic mass is 79.9. The summed E-state index contributed by atoms with van der Waals surface area (Å²) in [7, 11) is 0.562. The van der Waals surface area contributed by atoms with E-state index >= 15 is 0 Å². The van der Waals surface area contributed by atoms with Gasteiger partial charge in [-0.15, -0.1) is 0 Å². The first kappa shape index (κ1) is 17.8. The van der Waals surface area contributed by atoms with Crippen LogP contribution in [0.4, 0.5) is 0 Å². The molecule has 0 aromatic carbocycles. The van der Waals surface area contributed by atoms with Crippen LogP contribution >= 0.6 is 15.9 Å². The van der Waals surface area contributed by atoms with Crippen molar-refractivity contribution in [1.82, 2.24) is 9.71 Å². The van der Waals surface area contributed by atoms with Crippen LogP contribution in [0.5, 0.6) is 0 Å². The minimum atomic E-state index is -1.13. The molecule has 0 aliphatic carbocycles. The zero-order valence-corrected chi connectivity index (χ0v) is 14.9. The number of methoxy groups -OCH3 is 1. The predicted octanol–water partition coefficient (Wildman–Crippen LogP) is 3.36. The van der Waals surface area contributed by atoms with Gasteiger partial charge in [0.15, 0.2) is 0 Å². The third kappa shape index (κ3) is 5.99. The number of nitrogens with zero attached hydrogens (tertiary/aromatic N) is 1. The van der Waals surface area contributed by atoms with Crippen LogP contribution in [-0.2, 0) is 15.7 Å². The van der Waals surface area contributed by atoms with Crippen LogP contribution in [0.3, 0.4) is 0 Å². The van der Waals surface area contributed by atoms with Crippen molar-refractivity contribution in [3.63, 3.8) is 0 Å². The molecule has 1 N–H and O–H groups in total. The van der Waals surface area contributed by atoms with Crippen molar-refractivity contribution in [2.45, 2.75) is 44.4 Å². The molecule has 0 spiro atoms. The third-order valence-corrected chi connectivity index (χ3v) is 4.79. The Morgan fingerprint density at radius 1 is 1.45 bits per heavy atom. The number of nitrogens with one attached hydrogen (secondary N) is 1. The summed E-state index contributed by atoms with van der Waals surface area (Å²) >= 11 is 3.38. The highest BCUT2D eigenvalue weighted by Crippen LogP contribution is 2.21. The van der Waals surface area contributed by atoms with Crippen molar-refractivity contribution in [2.75, 3.05) is 13.7 Å². The van der Waals surface area contributed by atoms with E-state index in [9.17, 15) is 4.21 Å². The molecule has 0 radical (unpaired) electrons. The first-order valence-corrected chi connectivity index (χ1v) is 8.58. The molecule has 20 heavy (non-hydrogen) atoms. The Labute approximate surface area is 132 Å². The normalized spacial score (nSPS) is 15.1. The molecule has 0 unspecified atom stereocenters. The lowest BCUT2D eigenvalue weighted by Crippen LogP contribution is -2.36. The topological polar surface area (TPSA) is 51.2 Å². The van der Waals surface area contributed by atoms with Crippen LogP contribution in [0.1, 0.15) is 45.3 Å². The Hall–Kier alpha value is -0.300. The zero-order chi connectivity index (χ0) is 15.2. The van der Waals surface area contributed by atoms with Crippen LogP contribution in [-0.4, -0.2) is 27.7 Å². The van der Waals surface area contributed by atoms with Gasteiger partial charge in [0, 0.05) is 13.7 Å². The zero-order valence-electron chi connectivity index (χ0n) is 12.5. The van der Waals surface area contributed by atoms with Crippen molar-refractivity contribution in [3.05, 3.63) is 28.5 Å². The fraction of sp³-hybridized carbons (Fsp3) is 0.643. The largest absolute Gasteiger partial charge is 0.385 e. The van der Waals surface area contributed by atoms with Crippen LogP contribution in [0.25, 0.3) is 0 Å². The molecular weight excluding hydrogens is 340 g/mol. The Bertz CT molecular complexity index is 449. The molecule has 2 atom stereocenters. The molecule has 114 valence electrons. The molecule has 6 heteroatoms. The number of pyridine rings is 1. The first-order valence-electron chi connectivity index (χ1n) is 6.64. The molecule has 0 saturated carbocycles. The van der Waals surface area contributed by atoms with E-state index in [0.29, 0.717) is 6.61 Å². The quantitative estimate of drug-likeness (QED) is 0.597. The maximum atomic E-state index is 12.3. The summed E-state index contributed by atoms with van der Waals surface area (Å²) in [6.07, 6.45) is 1.73. The van der Waals surface area contributed by atoms with Gasteiger partial charge in [-0.2, -0.15) is 0 Å². The second-order valence-electron chi connectivity index (χ2n) is 5.57. The number of ether oxygens (including phenoxy) is 1. The van der Waals surface area contributed by atoms with Gasteiger partial charge in [0.05, 0.1) is 27.5 Å². The smallest absolute Gasteiger partial charge is 0.106 e. The van der Waals surface area contributed by atoms with E-state index in [1.54, 1.807) is 7.11 Å². The van der Waals surface area contributed by atoms with E-state index in [0.717, 1.165) is 23.1 Å². The van der Waals surface area contributed by atoms with Crippen LogP contribution < -0.4 is 4.72 Å². The summed E-state index contributed by atoms with van der Waals surface area (Å²) in [6, 6.07) is 5.74. The van der Waals surface area contributed by atoms with Gasteiger partial charge >= 0.3 is 0 Å². The molecule has 0 saturated heterocycles. The Morgan fingerprint density at radius 3 is 2.70 bits per heavy atom. The maximum Gasteiger partial charge on any atom is 0.106 e. The number of hydrogen-bond acceptors (Lipinski definition) is 3. The molecule has 1 rings (SSSR count). The summed E-state index contributed by atoms with van der Waals surface area (Å²) in [5.74, 6) is 0. The molecule has 1 heterocycles. The fourth-order valence-electron chi connectivity index (χ4n) is 1.62. The Balaban J connectivity index is 2.82. The summed E-state index contributed by atoms with van der Waals surface area (Å²) in [6.45, 7) is 6.55. The third-order valence-electron chi connectivity index (χ3n) is 2.74. The monoisotopic (exact) mass is 362 g/mol. The van der Waals surface area contributed by atoms with Gasteiger partial charge in [-0.3, -0.25) is 0 Å². The highest BCUT2D eigenvalue weighted by Gasteiger charge is 2.24. The van der Waals surface area contributed by atoms with E-state index in [2.05, 4.69) is 25.6 Å². The van der Waals surface area contributed by atoms with Crippen molar-refractivity contribution in [1.29, 1.82) is 0 Å². The lowest BCUT2D eigenvalue weighted by molar-refractivity contribution is 0.190. The highest BCUT2D eigenvalue weighted by molar-refractivity contribution is 9.10. The van der Waals surface area contributed by atoms with E-state index in [1.165, 1.54) is 0 Å². The van der Waals surface area contributed by atoms with Crippen molar-refractivity contribution < 1.29 is 8.95 Å². The Morgan fingerprint density at radius 2 is 2.15 bits per heavy atom. The van der Waals surface area contributed by atoms with E-state index in [4.69, 9.17) is 4.74 Å². The summed E-state index contributed by atoms with van der Waals surface area (Å²) in [5, 5.41) is 0. The lowest BCUT2D eigenvalue weighted by Gasteiger charge is -2.24. The van der Waals surface area contributed by atoms with Crippen molar-refractivity contribution in [2.24, 2.45) is 0 Å². The number of rotatable bonds is 7. The summed E-state index contributed by atoms with van der Waals surface area (Å²) in [5.41, 5.74) is 0.896. The predicted molar refractivity (Wildman–Crippen MR) is 86.8 cm³/mol. The number of hydrogen-bond donors (Lipinski definition) is 1. The number of aromatic nitrogens is 1. The minimum Gasteiger partial charge on any atom is -0.385 e. The molecule has 1 aromatic heterocycles. The SMILES string of the molecule is COCCC[C@H](N[S@](=O)C(C)(C)C)c1cccc(Br)n1. The van der Waals surface area contributed by atoms with Gasteiger partial charge in [-0.05, 0) is 61.7 Å². The average molecular weight is 363 g/mol. The van der Waals surface area contributed by atoms with Crippen molar-refractivity contribution in [3.8, 4) is 0 Å². The van der Waals surface area contributed by atoms with Gasteiger partial charge in [0.2, 0.25) is 0 Å². The molecule has 0 aliphatic rings. The fourth-order valence-corrected chi connectivity index (χ4v) is 2.83. The van der Waals surface area contributed by atoms with Crippen LogP contribution in [0.2, 0.25) is 0 Å². The first-order chi connectivity index (χ1) is 9.34. The standard InChI is InChI=1S/C14H23BrN2O2S/c1-14(2,3)20(18)17-12(8-6-10-19-4)11-7-5-9-13(15)16-11/h5,7,9,12,17H,6,8,10H2,1-4H3/t12-,20+/m0/s1. The molecule has 0 bridgehead atoms. The van der Waals surface area contributed by atoms with Gasteiger partial charge < -0.3 is 4.74 Å². The van der Waals surface area contributed by atoms with Gasteiger partial charge in [0.1, 0.15) is 4.60 Å². The van der Waals surface area contributed by atoms with E-state index in [1.807, 2.05) is 39.0 Å². The molecular formula is C14H23BrN2O2S. The van der Waals surface area contributed by atoms with E-state index < -0.39 is 11.0 Å². The van der Waals surface area contributed by atoms with Crippen molar-refractivity contribution >= 4 is 26.9 Å². The van der Waals surface area contributed by atoms with Gasteiger partial charge in [-0.25, -0.2) is 13.9 Å². The minimum absolute atomic E-state index is 0.0392. The molecule has 1 aromatic rings. The molecule has 0 aliphatic heterocycles. The van der Waals surface area contributed by atoms with E-state index in [-0.39, 0.29) is 10.8 Å². The second kappa shape index (κ2) is 8.22. The second-order valence-corrected chi connectivity index (χ2v) is 8.38.